The molecule has 0 heterocycles. The van der Waals surface area contributed by atoms with E-state index in [1.165, 1.54) is 14.1 Å². The molecule has 0 fully saturated rings. The summed E-state index contributed by atoms with van der Waals surface area (Å²) < 4.78 is 181. The molecule has 0 bridgehead atoms. The van der Waals surface area contributed by atoms with Gasteiger partial charge in [0.2, 0.25) is 10.0 Å². The topological polar surface area (TPSA) is 69.2 Å². The Balaban J connectivity index is 5.38. The molecule has 1 unspecified atom stereocenters. The van der Waals surface area contributed by atoms with E-state index < -0.39 is 82.1 Å². The van der Waals surface area contributed by atoms with E-state index in [1.807, 2.05) is 4.72 Å². The van der Waals surface area contributed by atoms with Crippen LogP contribution in [0.4, 0.5) is 52.7 Å². The van der Waals surface area contributed by atoms with E-state index in [-0.39, 0.29) is 19.5 Å². The zero-order chi connectivity index (χ0) is 27.4. The molecule has 5 nitrogen and oxygen atoms in total. The Morgan fingerprint density at radius 1 is 0.794 bits per heavy atom. The van der Waals surface area contributed by atoms with Crippen LogP contribution < -0.4 is 4.72 Å². The third kappa shape index (κ3) is 9.56. The molecule has 206 valence electrons. The van der Waals surface area contributed by atoms with Crippen LogP contribution in [0.5, 0.6) is 0 Å². The van der Waals surface area contributed by atoms with Gasteiger partial charge in [-0.05, 0) is 19.3 Å². The number of sulfonamides is 1. The van der Waals surface area contributed by atoms with Crippen LogP contribution in [-0.4, -0.2) is 70.7 Å². The van der Waals surface area contributed by atoms with Gasteiger partial charge in [0, 0.05) is 13.0 Å². The second-order valence-corrected chi connectivity index (χ2v) is 10.1. The molecule has 0 aromatic rings. The highest BCUT2D eigenvalue weighted by atomic mass is 32.2. The van der Waals surface area contributed by atoms with Gasteiger partial charge < -0.3 is 9.85 Å². The fraction of sp³-hybridized carbons (Fsp3) is 1.00. The van der Waals surface area contributed by atoms with E-state index in [2.05, 4.69) is 0 Å². The molecule has 0 aromatic carbocycles. The molecule has 0 spiro atoms. The normalized spacial score (nSPS) is 16.1. The van der Waals surface area contributed by atoms with E-state index in [4.69, 9.17) is 0 Å². The number of alkyl halides is 12. The molecule has 1 N–H and O–H groups in total. The summed E-state index contributed by atoms with van der Waals surface area (Å²) in [6.45, 7) is -0.210. The molecule has 34 heavy (non-hydrogen) atoms. The molecular formula is C16H24F12N2O3S. The van der Waals surface area contributed by atoms with Gasteiger partial charge in [0.1, 0.15) is 0 Å². The second-order valence-electron chi connectivity index (χ2n) is 8.20. The molecule has 0 aliphatic heterocycles. The maximum Gasteiger partial charge on any atom is 0.412 e. The minimum Gasteiger partial charge on any atom is -0.633 e. The number of hydrogen-bond donors (Lipinski definition) is 1. The second kappa shape index (κ2) is 10.9. The van der Waals surface area contributed by atoms with Crippen molar-refractivity contribution in [2.24, 2.45) is 11.3 Å². The summed E-state index contributed by atoms with van der Waals surface area (Å²) in [7, 11) is -1.57. The minimum atomic E-state index is -7.13. The summed E-state index contributed by atoms with van der Waals surface area (Å²) >= 11 is 0. The van der Waals surface area contributed by atoms with Crippen LogP contribution in [0.15, 0.2) is 0 Å². The highest BCUT2D eigenvalue weighted by molar-refractivity contribution is 7.89. The van der Waals surface area contributed by atoms with Crippen LogP contribution in [-0.2, 0) is 10.0 Å². The van der Waals surface area contributed by atoms with Crippen LogP contribution >= 0.6 is 0 Å². The van der Waals surface area contributed by atoms with Crippen LogP contribution in [0.1, 0.15) is 32.1 Å². The molecule has 0 saturated carbocycles. The molecule has 0 aliphatic rings. The van der Waals surface area contributed by atoms with Crippen LogP contribution in [0.25, 0.3) is 0 Å². The molecule has 1 atom stereocenters. The highest BCUT2D eigenvalue weighted by Gasteiger charge is 2.84. The van der Waals surface area contributed by atoms with Crippen molar-refractivity contribution in [2.45, 2.75) is 56.8 Å². The van der Waals surface area contributed by atoms with Crippen molar-refractivity contribution < 1.29 is 65.7 Å². The fourth-order valence-corrected chi connectivity index (χ4v) is 4.21. The number of nitrogens with one attached hydrogen (secondary N) is 1. The molecule has 0 radical (unpaired) electrons. The largest absolute Gasteiger partial charge is 0.633 e. The van der Waals surface area contributed by atoms with Crippen molar-refractivity contribution in [3.8, 4) is 0 Å². The summed E-state index contributed by atoms with van der Waals surface area (Å²) in [5.74, 6) is -4.54. The van der Waals surface area contributed by atoms with Crippen molar-refractivity contribution in [3.63, 3.8) is 0 Å². The number of quaternary nitrogens is 1. The van der Waals surface area contributed by atoms with Crippen LogP contribution in [0, 0.1) is 16.5 Å². The smallest absolute Gasteiger partial charge is 0.412 e. The van der Waals surface area contributed by atoms with Crippen molar-refractivity contribution in [3.05, 3.63) is 5.21 Å². The summed E-state index contributed by atoms with van der Waals surface area (Å²) in [5.41, 5.74) is -6.62. The van der Waals surface area contributed by atoms with Crippen molar-refractivity contribution in [2.75, 3.05) is 32.9 Å². The Kier molecular flexibility index (Phi) is 10.6. The van der Waals surface area contributed by atoms with Crippen molar-refractivity contribution in [1.29, 1.82) is 0 Å². The standard InChI is InChI=1S/C16H24F12N2O3S/c1-30(2,31)8-5-7-29-34(32,33)9-4-3-6-11(13(17,18)19)10-12(14(20,21)22,15(23,24)25)16(26,27)28/h11,29H,3-10H2,1-2H3. The van der Waals surface area contributed by atoms with Crippen molar-refractivity contribution in [1.82, 2.24) is 4.72 Å². The lowest BCUT2D eigenvalue weighted by atomic mass is 9.75. The zero-order valence-electron chi connectivity index (χ0n) is 17.8. The van der Waals surface area contributed by atoms with Gasteiger partial charge >= 0.3 is 24.7 Å². The number of unbranched alkanes of at least 4 members (excludes halogenated alkanes) is 1. The summed E-state index contributed by atoms with van der Waals surface area (Å²) in [6.07, 6.45) is -33.7. The summed E-state index contributed by atoms with van der Waals surface area (Å²) in [6, 6.07) is 0. The lowest BCUT2D eigenvalue weighted by molar-refractivity contribution is -0.840. The number of rotatable bonds is 12. The number of halogens is 12. The number of hydrogen-bond acceptors (Lipinski definition) is 3. The Morgan fingerprint density at radius 2 is 1.24 bits per heavy atom. The van der Waals surface area contributed by atoms with Gasteiger partial charge in [-0.2, -0.15) is 52.7 Å². The summed E-state index contributed by atoms with van der Waals surface area (Å²) in [5, 5.41) is 11.3. The van der Waals surface area contributed by atoms with Gasteiger partial charge in [-0.1, -0.05) is 6.42 Å². The first kappa shape index (κ1) is 33.0. The average Bonchev–Trinajstić information content (AvgIpc) is 2.52. The molecule has 0 saturated heterocycles. The zero-order valence-corrected chi connectivity index (χ0v) is 18.7. The van der Waals surface area contributed by atoms with Gasteiger partial charge in [-0.15, -0.1) is 0 Å². The monoisotopic (exact) mass is 552 g/mol. The Labute approximate surface area is 187 Å². The van der Waals surface area contributed by atoms with Crippen LogP contribution in [0.3, 0.4) is 0 Å². The van der Waals surface area contributed by atoms with E-state index in [9.17, 15) is 66.3 Å². The Bertz CT molecular complexity index is 701. The third-order valence-corrected chi connectivity index (χ3v) is 6.35. The quantitative estimate of drug-likeness (QED) is 0.155. The molecule has 0 rings (SSSR count). The van der Waals surface area contributed by atoms with Crippen LogP contribution in [0.2, 0.25) is 0 Å². The molecule has 0 aliphatic carbocycles. The molecule has 0 aromatic heterocycles. The first-order valence-electron chi connectivity index (χ1n) is 9.55. The van der Waals surface area contributed by atoms with Crippen molar-refractivity contribution >= 4 is 10.0 Å². The van der Waals surface area contributed by atoms with Gasteiger partial charge in [0.05, 0.1) is 32.3 Å². The lowest BCUT2D eigenvalue weighted by Crippen LogP contribution is -2.61. The predicted octanol–water partition coefficient (Wildman–Crippen LogP) is 5.28. The molecule has 0 amide bonds. The first-order chi connectivity index (χ1) is 14.8. The maximum atomic E-state index is 13.1. The summed E-state index contributed by atoms with van der Waals surface area (Å²) in [4.78, 5) is 0. The third-order valence-electron chi connectivity index (χ3n) is 4.88. The Hall–Kier alpha value is -1.01. The van der Waals surface area contributed by atoms with E-state index in [1.54, 1.807) is 0 Å². The molecular weight excluding hydrogens is 528 g/mol. The Morgan fingerprint density at radius 3 is 1.59 bits per heavy atom. The van der Waals surface area contributed by atoms with E-state index in [0.29, 0.717) is 0 Å². The minimum absolute atomic E-state index is 0.00908. The van der Waals surface area contributed by atoms with Gasteiger partial charge in [0.15, 0.2) is 0 Å². The number of hydroxylamine groups is 3. The average molecular weight is 552 g/mol. The number of nitrogens with zero attached hydrogens (tertiary/aromatic N) is 1. The molecule has 18 heteroatoms. The van der Waals surface area contributed by atoms with E-state index >= 15 is 0 Å². The first-order valence-corrected chi connectivity index (χ1v) is 11.2. The van der Waals surface area contributed by atoms with Gasteiger partial charge in [-0.3, -0.25) is 0 Å². The lowest BCUT2D eigenvalue weighted by Gasteiger charge is -2.40. The van der Waals surface area contributed by atoms with E-state index in [0.717, 1.165) is 0 Å². The maximum absolute atomic E-state index is 13.1. The predicted molar refractivity (Wildman–Crippen MR) is 95.4 cm³/mol. The fourth-order valence-electron chi connectivity index (χ4n) is 3.02. The SMILES string of the molecule is C[N+](C)([O-])CCCNS(=O)(=O)CCCCC(CC(C(F)(F)F)(C(F)(F)F)C(F)(F)F)C(F)(F)F. The highest BCUT2D eigenvalue weighted by Crippen LogP contribution is 2.63. The van der Waals surface area contributed by atoms with Gasteiger partial charge in [0.25, 0.3) is 5.41 Å². The van der Waals surface area contributed by atoms with Gasteiger partial charge in [-0.25, -0.2) is 13.1 Å².